The number of esters is 1. The van der Waals surface area contributed by atoms with E-state index in [2.05, 4.69) is 0 Å². The van der Waals surface area contributed by atoms with E-state index in [1.807, 2.05) is 13.0 Å². The Kier molecular flexibility index (Phi) is 5.40. The van der Waals surface area contributed by atoms with Crippen LogP contribution in [0, 0.1) is 28.6 Å². The molecule has 0 spiro atoms. The average Bonchev–Trinajstić information content (AvgIpc) is 3.11. The summed E-state index contributed by atoms with van der Waals surface area (Å²) in [6, 6.07) is 8.22. The second-order valence-electron chi connectivity index (χ2n) is 11.0. The van der Waals surface area contributed by atoms with Crippen LogP contribution in [-0.4, -0.2) is 45.4 Å². The van der Waals surface area contributed by atoms with Crippen molar-refractivity contribution in [3.8, 4) is 0 Å². The van der Waals surface area contributed by atoms with E-state index >= 15 is 0 Å². The molecule has 1 aromatic rings. The number of ketones is 2. The van der Waals surface area contributed by atoms with E-state index in [-0.39, 0.29) is 41.9 Å². The molecule has 7 heteroatoms. The standard InChI is InChI=1S/C28H30O7/c1-26-12-10-18(29)14-17(26)8-9-19-20-11-13-28(23(31)24(32)33,27(20,2)15-21(30)22(19)26)35-25(34)16-6-4-3-5-7-16/h3-7,10,12,14,19-22,30H,8-9,11,13,15H2,1-2H3,(H,32,33)/t19-,20-,21-,22+,26-,27-,28-/m0/s1. The number of hydrogen-bond acceptors (Lipinski definition) is 6. The van der Waals surface area contributed by atoms with E-state index in [1.165, 1.54) is 0 Å². The van der Waals surface area contributed by atoms with E-state index in [9.17, 15) is 29.4 Å². The van der Waals surface area contributed by atoms with Crippen molar-refractivity contribution >= 4 is 23.5 Å². The number of rotatable bonds is 4. The molecule has 7 atom stereocenters. The number of fused-ring (bicyclic) bond motifs is 5. The summed E-state index contributed by atoms with van der Waals surface area (Å²) in [7, 11) is 0. The van der Waals surface area contributed by atoms with Crippen molar-refractivity contribution in [3.63, 3.8) is 0 Å². The van der Waals surface area contributed by atoms with Gasteiger partial charge in [-0.25, -0.2) is 9.59 Å². The van der Waals surface area contributed by atoms with Crippen molar-refractivity contribution < 1.29 is 34.1 Å². The number of carboxylic acid groups (broad SMARTS) is 1. The van der Waals surface area contributed by atoms with Crippen LogP contribution in [0.1, 0.15) is 56.3 Å². The molecule has 0 unspecified atom stereocenters. The van der Waals surface area contributed by atoms with Gasteiger partial charge in [0.15, 0.2) is 11.4 Å². The third-order valence-electron chi connectivity index (χ3n) is 9.45. The minimum absolute atomic E-state index is 0.0114. The molecule has 0 aromatic heterocycles. The molecule has 3 fully saturated rings. The van der Waals surface area contributed by atoms with E-state index < -0.39 is 40.3 Å². The Labute approximate surface area is 203 Å². The number of carboxylic acids is 1. The molecule has 35 heavy (non-hydrogen) atoms. The fourth-order valence-corrected chi connectivity index (χ4v) is 7.86. The van der Waals surface area contributed by atoms with E-state index in [0.29, 0.717) is 19.3 Å². The second kappa shape index (κ2) is 7.98. The number of aliphatic hydroxyl groups is 1. The molecule has 0 radical (unpaired) electrons. The second-order valence-corrected chi connectivity index (χ2v) is 11.0. The molecule has 4 aliphatic carbocycles. The molecular formula is C28H30O7. The Morgan fingerprint density at radius 3 is 2.49 bits per heavy atom. The van der Waals surface area contributed by atoms with Gasteiger partial charge in [0, 0.05) is 16.7 Å². The number of carbonyl (C=O) groups excluding carboxylic acids is 3. The van der Waals surface area contributed by atoms with Crippen LogP contribution < -0.4 is 0 Å². The van der Waals surface area contributed by atoms with E-state index in [4.69, 9.17) is 4.74 Å². The van der Waals surface area contributed by atoms with Crippen LogP contribution in [0.2, 0.25) is 0 Å². The Bertz CT molecular complexity index is 1170. The minimum atomic E-state index is -1.86. The fraction of sp³-hybridized carbons (Fsp3) is 0.500. The lowest BCUT2D eigenvalue weighted by molar-refractivity contribution is -0.184. The van der Waals surface area contributed by atoms with Crippen molar-refractivity contribution in [2.75, 3.05) is 0 Å². The predicted octanol–water partition coefficient (Wildman–Crippen LogP) is 3.51. The molecule has 4 aliphatic rings. The maximum absolute atomic E-state index is 13.3. The van der Waals surface area contributed by atoms with Crippen LogP contribution in [0.25, 0.3) is 0 Å². The zero-order valence-corrected chi connectivity index (χ0v) is 19.9. The quantitative estimate of drug-likeness (QED) is 0.502. The topological polar surface area (TPSA) is 118 Å². The van der Waals surface area contributed by atoms with Gasteiger partial charge in [-0.3, -0.25) is 9.59 Å². The van der Waals surface area contributed by atoms with Gasteiger partial charge in [0.05, 0.1) is 11.7 Å². The highest BCUT2D eigenvalue weighted by atomic mass is 16.6. The number of aliphatic carboxylic acids is 1. The van der Waals surface area contributed by atoms with Gasteiger partial charge in [0.1, 0.15) is 0 Å². The van der Waals surface area contributed by atoms with Gasteiger partial charge in [-0.1, -0.05) is 43.7 Å². The molecule has 1 aromatic carbocycles. The normalized spacial score (nSPS) is 39.6. The van der Waals surface area contributed by atoms with Crippen molar-refractivity contribution in [3.05, 3.63) is 59.7 Å². The highest BCUT2D eigenvalue weighted by molar-refractivity contribution is 6.36. The maximum atomic E-state index is 13.3. The minimum Gasteiger partial charge on any atom is -0.475 e. The lowest BCUT2D eigenvalue weighted by Crippen LogP contribution is -2.63. The van der Waals surface area contributed by atoms with E-state index in [0.717, 1.165) is 5.57 Å². The summed E-state index contributed by atoms with van der Waals surface area (Å²) in [5, 5.41) is 21.3. The van der Waals surface area contributed by atoms with Crippen molar-refractivity contribution in [1.29, 1.82) is 0 Å². The van der Waals surface area contributed by atoms with Gasteiger partial charge in [-0.05, 0) is 68.2 Å². The van der Waals surface area contributed by atoms with Crippen LogP contribution in [0.15, 0.2) is 54.1 Å². The molecule has 2 N–H and O–H groups in total. The smallest absolute Gasteiger partial charge is 0.376 e. The van der Waals surface area contributed by atoms with Crippen molar-refractivity contribution in [2.45, 2.75) is 57.7 Å². The Morgan fingerprint density at radius 1 is 1.09 bits per heavy atom. The molecule has 184 valence electrons. The van der Waals surface area contributed by atoms with Crippen LogP contribution in [0.3, 0.4) is 0 Å². The number of hydrogen-bond donors (Lipinski definition) is 2. The largest absolute Gasteiger partial charge is 0.475 e. The van der Waals surface area contributed by atoms with Gasteiger partial charge in [-0.2, -0.15) is 0 Å². The average molecular weight is 479 g/mol. The van der Waals surface area contributed by atoms with Crippen LogP contribution >= 0.6 is 0 Å². The molecule has 0 bridgehead atoms. The fourth-order valence-electron chi connectivity index (χ4n) is 7.86. The van der Waals surface area contributed by atoms with Gasteiger partial charge < -0.3 is 14.9 Å². The number of carbonyl (C=O) groups is 4. The molecule has 3 saturated carbocycles. The third-order valence-corrected chi connectivity index (χ3v) is 9.45. The zero-order valence-electron chi connectivity index (χ0n) is 19.9. The summed E-state index contributed by atoms with van der Waals surface area (Å²) in [6.45, 7) is 3.85. The summed E-state index contributed by atoms with van der Waals surface area (Å²) in [4.78, 5) is 50.4. The highest BCUT2D eigenvalue weighted by Crippen LogP contribution is 2.68. The van der Waals surface area contributed by atoms with Gasteiger partial charge in [0.25, 0.3) is 5.78 Å². The van der Waals surface area contributed by atoms with Crippen LogP contribution in [0.4, 0.5) is 0 Å². The summed E-state index contributed by atoms with van der Waals surface area (Å²) in [5.41, 5.74) is -2.14. The van der Waals surface area contributed by atoms with E-state index in [1.54, 1.807) is 49.4 Å². The number of Topliss-reactive ketones (excluding diaryl/α,β-unsaturated/α-hetero) is 1. The first kappa shape index (κ1) is 23.7. The molecular weight excluding hydrogens is 448 g/mol. The lowest BCUT2D eigenvalue weighted by Gasteiger charge is -2.59. The number of allylic oxidation sites excluding steroid dienone is 4. The SMILES string of the molecule is C[C@]12C=CC(=O)C=C1CC[C@@H]1[C@@H]2[C@@H](O)C[C@@]2(C)[C@H]1CC[C@]2(OC(=O)c1ccccc1)C(=O)C(=O)O. The first-order valence-electron chi connectivity index (χ1n) is 12.2. The Hall–Kier alpha value is -3.06. The Balaban J connectivity index is 1.56. The lowest BCUT2D eigenvalue weighted by atomic mass is 9.46. The summed E-state index contributed by atoms with van der Waals surface area (Å²) in [5.74, 6) is -3.87. The van der Waals surface area contributed by atoms with Crippen molar-refractivity contribution in [2.24, 2.45) is 28.6 Å². The third kappa shape index (κ3) is 3.28. The molecule has 5 rings (SSSR count). The monoisotopic (exact) mass is 478 g/mol. The van der Waals surface area contributed by atoms with Crippen molar-refractivity contribution in [1.82, 2.24) is 0 Å². The van der Waals surface area contributed by atoms with Crippen LogP contribution in [-0.2, 0) is 19.1 Å². The zero-order chi connectivity index (χ0) is 25.2. The highest BCUT2D eigenvalue weighted by Gasteiger charge is 2.71. The van der Waals surface area contributed by atoms with Gasteiger partial charge in [0.2, 0.25) is 0 Å². The molecule has 0 heterocycles. The summed E-state index contributed by atoms with van der Waals surface area (Å²) >= 11 is 0. The molecule has 0 aliphatic heterocycles. The maximum Gasteiger partial charge on any atom is 0.376 e. The summed E-state index contributed by atoms with van der Waals surface area (Å²) in [6.07, 6.45) is 6.42. The van der Waals surface area contributed by atoms with Gasteiger partial charge in [-0.15, -0.1) is 0 Å². The molecule has 7 nitrogen and oxygen atoms in total. The number of benzene rings is 1. The Morgan fingerprint density at radius 2 is 1.80 bits per heavy atom. The first-order valence-corrected chi connectivity index (χ1v) is 12.2. The first-order chi connectivity index (χ1) is 16.5. The van der Waals surface area contributed by atoms with Crippen LogP contribution in [0.5, 0.6) is 0 Å². The summed E-state index contributed by atoms with van der Waals surface area (Å²) < 4.78 is 5.90. The molecule has 0 saturated heterocycles. The van der Waals surface area contributed by atoms with Gasteiger partial charge >= 0.3 is 11.9 Å². The molecule has 0 amide bonds. The number of aliphatic hydroxyl groups excluding tert-OH is 1. The number of ether oxygens (including phenoxy) is 1. The predicted molar refractivity (Wildman–Crippen MR) is 125 cm³/mol.